The van der Waals surface area contributed by atoms with Crippen LogP contribution in [0.1, 0.15) is 39.0 Å². The second kappa shape index (κ2) is 8.10. The van der Waals surface area contributed by atoms with E-state index in [0.29, 0.717) is 0 Å². The molecular weight excluding hydrogens is 266 g/mol. The molecule has 0 bridgehead atoms. The van der Waals surface area contributed by atoms with Gasteiger partial charge < -0.3 is 15.5 Å². The smallest absolute Gasteiger partial charge is 0.170 e. The molecule has 0 aliphatic carbocycles. The molecule has 20 heavy (non-hydrogen) atoms. The number of thiocarbonyl (C=S) groups is 1. The van der Waals surface area contributed by atoms with Crippen LogP contribution in [0, 0.1) is 0 Å². The number of para-hydroxylation sites is 2. The maximum Gasteiger partial charge on any atom is 0.170 e. The molecule has 0 spiro atoms. The molecule has 0 atom stereocenters. The van der Waals surface area contributed by atoms with Gasteiger partial charge in [0.1, 0.15) is 0 Å². The summed E-state index contributed by atoms with van der Waals surface area (Å²) in [6, 6.07) is 8.45. The van der Waals surface area contributed by atoms with Crippen molar-refractivity contribution in [2.75, 3.05) is 29.9 Å². The summed E-state index contributed by atoms with van der Waals surface area (Å²) < 4.78 is 0. The number of unbranched alkanes of at least 4 members (excludes halogenated alkanes) is 1. The van der Waals surface area contributed by atoms with Crippen LogP contribution in [0.25, 0.3) is 0 Å². The Morgan fingerprint density at radius 3 is 2.70 bits per heavy atom. The highest BCUT2D eigenvalue weighted by Crippen LogP contribution is 2.28. The highest BCUT2D eigenvalue weighted by molar-refractivity contribution is 7.80. The molecule has 1 saturated heterocycles. The lowest BCUT2D eigenvalue weighted by molar-refractivity contribution is 0.578. The SMILES string of the molecule is CCCCNC(=S)Nc1ccccc1N1CCCCC1. The van der Waals surface area contributed by atoms with Crippen molar-refractivity contribution in [2.45, 2.75) is 39.0 Å². The van der Waals surface area contributed by atoms with Gasteiger partial charge in [-0.05, 0) is 50.0 Å². The van der Waals surface area contributed by atoms with Gasteiger partial charge in [0.05, 0.1) is 11.4 Å². The van der Waals surface area contributed by atoms with Crippen molar-refractivity contribution in [3.63, 3.8) is 0 Å². The number of benzene rings is 1. The second-order valence-electron chi connectivity index (χ2n) is 5.30. The standard InChI is InChI=1S/C16H25N3S/c1-2-3-11-17-16(20)18-14-9-5-6-10-15(14)19-12-7-4-8-13-19/h5-6,9-10H,2-4,7-8,11-13H2,1H3,(H2,17,18,20). The van der Waals surface area contributed by atoms with Gasteiger partial charge in [-0.2, -0.15) is 0 Å². The van der Waals surface area contributed by atoms with Crippen LogP contribution in [0.3, 0.4) is 0 Å². The molecule has 0 unspecified atom stereocenters. The van der Waals surface area contributed by atoms with E-state index < -0.39 is 0 Å². The molecule has 0 radical (unpaired) electrons. The summed E-state index contributed by atoms with van der Waals surface area (Å²) in [5, 5.41) is 7.33. The lowest BCUT2D eigenvalue weighted by Crippen LogP contribution is -2.32. The number of rotatable bonds is 5. The van der Waals surface area contributed by atoms with Gasteiger partial charge in [0, 0.05) is 19.6 Å². The van der Waals surface area contributed by atoms with Crippen molar-refractivity contribution in [1.82, 2.24) is 5.32 Å². The number of nitrogens with zero attached hydrogens (tertiary/aromatic N) is 1. The molecule has 1 aliphatic heterocycles. The average Bonchev–Trinajstić information content (AvgIpc) is 2.49. The molecule has 2 N–H and O–H groups in total. The summed E-state index contributed by atoms with van der Waals surface area (Å²) in [6.07, 6.45) is 6.25. The zero-order chi connectivity index (χ0) is 14.2. The lowest BCUT2D eigenvalue weighted by Gasteiger charge is -2.30. The third kappa shape index (κ3) is 4.37. The van der Waals surface area contributed by atoms with E-state index in [-0.39, 0.29) is 0 Å². The molecule has 1 aliphatic rings. The predicted octanol–water partition coefficient (Wildman–Crippen LogP) is 3.76. The zero-order valence-corrected chi connectivity index (χ0v) is 13.1. The van der Waals surface area contributed by atoms with Gasteiger partial charge in [0.2, 0.25) is 0 Å². The van der Waals surface area contributed by atoms with E-state index in [2.05, 4.69) is 46.7 Å². The van der Waals surface area contributed by atoms with Crippen LogP contribution in [0.15, 0.2) is 24.3 Å². The predicted molar refractivity (Wildman–Crippen MR) is 91.6 cm³/mol. The fourth-order valence-electron chi connectivity index (χ4n) is 2.54. The summed E-state index contributed by atoms with van der Waals surface area (Å²) >= 11 is 5.37. The molecule has 1 aromatic rings. The van der Waals surface area contributed by atoms with Gasteiger partial charge in [-0.25, -0.2) is 0 Å². The van der Waals surface area contributed by atoms with Crippen LogP contribution in [-0.4, -0.2) is 24.7 Å². The van der Waals surface area contributed by atoms with E-state index >= 15 is 0 Å². The van der Waals surface area contributed by atoms with Crippen LogP contribution in [0.5, 0.6) is 0 Å². The summed E-state index contributed by atoms with van der Waals surface area (Å²) in [6.45, 7) is 5.42. The maximum absolute atomic E-state index is 5.37. The van der Waals surface area contributed by atoms with Gasteiger partial charge in [-0.3, -0.25) is 0 Å². The third-order valence-corrected chi connectivity index (χ3v) is 3.91. The zero-order valence-electron chi connectivity index (χ0n) is 12.3. The molecule has 1 fully saturated rings. The maximum atomic E-state index is 5.37. The Bertz CT molecular complexity index is 427. The van der Waals surface area contributed by atoms with Crippen LogP contribution >= 0.6 is 12.2 Å². The molecule has 1 heterocycles. The van der Waals surface area contributed by atoms with Crippen LogP contribution in [0.2, 0.25) is 0 Å². The molecule has 4 heteroatoms. The molecule has 0 saturated carbocycles. The highest BCUT2D eigenvalue weighted by Gasteiger charge is 2.14. The first kappa shape index (κ1) is 15.1. The second-order valence-corrected chi connectivity index (χ2v) is 5.71. The fraction of sp³-hybridized carbons (Fsp3) is 0.562. The number of hydrogen-bond donors (Lipinski definition) is 2. The number of anilines is 2. The van der Waals surface area contributed by atoms with E-state index in [9.17, 15) is 0 Å². The van der Waals surface area contributed by atoms with Crippen molar-refractivity contribution in [2.24, 2.45) is 0 Å². The first-order valence-corrected chi connectivity index (χ1v) is 8.11. The summed E-state index contributed by atoms with van der Waals surface area (Å²) in [5.41, 5.74) is 2.38. The minimum atomic E-state index is 0.725. The first-order valence-electron chi connectivity index (χ1n) is 7.70. The summed E-state index contributed by atoms with van der Waals surface area (Å²) in [7, 11) is 0. The van der Waals surface area contributed by atoms with Gasteiger partial charge in [-0.15, -0.1) is 0 Å². The largest absolute Gasteiger partial charge is 0.370 e. The summed E-state index contributed by atoms with van der Waals surface area (Å²) in [5.74, 6) is 0. The Hall–Kier alpha value is -1.29. The average molecular weight is 291 g/mol. The molecule has 0 amide bonds. The molecule has 0 aromatic heterocycles. The van der Waals surface area contributed by atoms with Gasteiger partial charge in [0.15, 0.2) is 5.11 Å². The van der Waals surface area contributed by atoms with E-state index in [0.717, 1.165) is 36.9 Å². The van der Waals surface area contributed by atoms with Gasteiger partial charge >= 0.3 is 0 Å². The van der Waals surface area contributed by atoms with E-state index in [1.165, 1.54) is 31.4 Å². The van der Waals surface area contributed by atoms with Crippen LogP contribution < -0.4 is 15.5 Å². The van der Waals surface area contributed by atoms with Crippen molar-refractivity contribution in [1.29, 1.82) is 0 Å². The Kier molecular flexibility index (Phi) is 6.12. The lowest BCUT2D eigenvalue weighted by atomic mass is 10.1. The van der Waals surface area contributed by atoms with E-state index in [1.807, 2.05) is 0 Å². The topological polar surface area (TPSA) is 27.3 Å². The molecule has 110 valence electrons. The number of piperidine rings is 1. The van der Waals surface area contributed by atoms with Crippen LogP contribution in [0.4, 0.5) is 11.4 Å². The van der Waals surface area contributed by atoms with Crippen molar-refractivity contribution in [3.8, 4) is 0 Å². The van der Waals surface area contributed by atoms with Crippen molar-refractivity contribution < 1.29 is 0 Å². The summed E-state index contributed by atoms with van der Waals surface area (Å²) in [4.78, 5) is 2.46. The Morgan fingerprint density at radius 1 is 1.20 bits per heavy atom. The Morgan fingerprint density at radius 2 is 1.95 bits per heavy atom. The van der Waals surface area contributed by atoms with Crippen LogP contribution in [-0.2, 0) is 0 Å². The molecular formula is C16H25N3S. The first-order chi connectivity index (χ1) is 9.81. The monoisotopic (exact) mass is 291 g/mol. The fourth-order valence-corrected chi connectivity index (χ4v) is 2.75. The van der Waals surface area contributed by atoms with Crippen molar-refractivity contribution >= 4 is 28.7 Å². The number of nitrogens with one attached hydrogen (secondary N) is 2. The van der Waals surface area contributed by atoms with E-state index in [1.54, 1.807) is 0 Å². The molecule has 1 aromatic carbocycles. The van der Waals surface area contributed by atoms with Gasteiger partial charge in [0.25, 0.3) is 0 Å². The van der Waals surface area contributed by atoms with Crippen molar-refractivity contribution in [3.05, 3.63) is 24.3 Å². The minimum absolute atomic E-state index is 0.725. The van der Waals surface area contributed by atoms with E-state index in [4.69, 9.17) is 12.2 Å². The number of hydrogen-bond acceptors (Lipinski definition) is 2. The molecule has 2 rings (SSSR count). The minimum Gasteiger partial charge on any atom is -0.370 e. The third-order valence-electron chi connectivity index (χ3n) is 3.66. The Balaban J connectivity index is 1.98. The van der Waals surface area contributed by atoms with Gasteiger partial charge in [-0.1, -0.05) is 25.5 Å². The molecule has 3 nitrogen and oxygen atoms in total. The Labute approximate surface area is 127 Å². The highest BCUT2D eigenvalue weighted by atomic mass is 32.1. The normalized spacial score (nSPS) is 14.9. The quantitative estimate of drug-likeness (QED) is 0.638.